The van der Waals surface area contributed by atoms with Gasteiger partial charge in [0.1, 0.15) is 23.1 Å². The van der Waals surface area contributed by atoms with E-state index in [0.29, 0.717) is 32.7 Å². The molecule has 0 fully saturated rings. The minimum atomic E-state index is -0.517. The maximum Gasteiger partial charge on any atom is 0.279 e. The highest BCUT2D eigenvalue weighted by Gasteiger charge is 2.22. The molecule has 164 valence electrons. The Labute approximate surface area is 198 Å². The lowest BCUT2D eigenvalue weighted by atomic mass is 10.2. The molecule has 0 aliphatic rings. The van der Waals surface area contributed by atoms with E-state index in [9.17, 15) is 4.79 Å². The van der Waals surface area contributed by atoms with Crippen LogP contribution in [0.1, 0.15) is 27.4 Å². The Morgan fingerprint density at radius 2 is 1.75 bits per heavy atom. The molecule has 10 heteroatoms. The van der Waals surface area contributed by atoms with Crippen LogP contribution in [0.4, 0.5) is 5.82 Å². The molecule has 0 saturated heterocycles. The Kier molecular flexibility index (Phi) is 6.69. The molecular weight excluding hydrogens is 475 g/mol. The van der Waals surface area contributed by atoms with E-state index in [2.05, 4.69) is 15.6 Å². The highest BCUT2D eigenvalue weighted by molar-refractivity contribution is 6.36. The van der Waals surface area contributed by atoms with Crippen molar-refractivity contribution in [1.82, 2.24) is 14.9 Å². The molecule has 2 heterocycles. The third kappa shape index (κ3) is 4.91. The molecule has 2 aromatic heterocycles. The molecular formula is C22H17Cl3N4O3. The third-order valence-electron chi connectivity index (χ3n) is 4.66. The molecule has 2 aromatic carbocycles. The molecule has 4 aromatic rings. The predicted molar refractivity (Wildman–Crippen MR) is 123 cm³/mol. The van der Waals surface area contributed by atoms with Crippen LogP contribution >= 0.6 is 34.8 Å². The number of nitrogens with zero attached hydrogens (tertiary/aromatic N) is 3. The van der Waals surface area contributed by atoms with Crippen molar-refractivity contribution in [3.05, 3.63) is 92.4 Å². The van der Waals surface area contributed by atoms with E-state index in [-0.39, 0.29) is 29.7 Å². The number of rotatable bonds is 7. The number of carbonyl (C=O) groups is 1. The maximum atomic E-state index is 12.8. The highest BCUT2D eigenvalue weighted by Crippen LogP contribution is 2.27. The number of para-hydroxylation sites is 1. The molecule has 0 unspecified atom stereocenters. The van der Waals surface area contributed by atoms with E-state index < -0.39 is 5.91 Å². The summed E-state index contributed by atoms with van der Waals surface area (Å²) < 4.78 is 12.5. The predicted octanol–water partition coefficient (Wildman–Crippen LogP) is 6.02. The number of carbonyl (C=O) groups excluding carboxylic acids is 1. The first-order valence-electron chi connectivity index (χ1n) is 9.52. The van der Waals surface area contributed by atoms with Gasteiger partial charge in [-0.15, -0.1) is 0 Å². The minimum Gasteiger partial charge on any atom is -0.489 e. The minimum absolute atomic E-state index is 0.0956. The van der Waals surface area contributed by atoms with Gasteiger partial charge < -0.3 is 14.6 Å². The molecule has 0 spiro atoms. The molecule has 0 radical (unpaired) electrons. The van der Waals surface area contributed by atoms with Gasteiger partial charge in [0.05, 0.1) is 12.1 Å². The zero-order chi connectivity index (χ0) is 22.7. The molecule has 4 rings (SSSR count). The highest BCUT2D eigenvalue weighted by atomic mass is 35.5. The summed E-state index contributed by atoms with van der Waals surface area (Å²) in [6, 6.07) is 14.5. The van der Waals surface area contributed by atoms with Gasteiger partial charge in [-0.3, -0.25) is 9.48 Å². The van der Waals surface area contributed by atoms with Crippen molar-refractivity contribution in [2.24, 2.45) is 0 Å². The van der Waals surface area contributed by atoms with Crippen molar-refractivity contribution in [1.29, 1.82) is 0 Å². The van der Waals surface area contributed by atoms with Crippen LogP contribution in [0.15, 0.2) is 59.3 Å². The van der Waals surface area contributed by atoms with E-state index in [4.69, 9.17) is 44.1 Å². The van der Waals surface area contributed by atoms with Gasteiger partial charge in [-0.2, -0.15) is 5.10 Å². The van der Waals surface area contributed by atoms with Crippen molar-refractivity contribution in [3.8, 4) is 5.75 Å². The summed E-state index contributed by atoms with van der Waals surface area (Å²) in [6.45, 7) is 2.12. The first-order chi connectivity index (χ1) is 15.4. The smallest absolute Gasteiger partial charge is 0.279 e. The molecule has 0 saturated carbocycles. The van der Waals surface area contributed by atoms with Crippen LogP contribution in [0.2, 0.25) is 15.1 Å². The molecule has 1 N–H and O–H groups in total. The Morgan fingerprint density at radius 1 is 1.03 bits per heavy atom. The van der Waals surface area contributed by atoms with Crippen molar-refractivity contribution >= 4 is 46.5 Å². The number of aryl methyl sites for hydroxylation is 1. The van der Waals surface area contributed by atoms with Crippen molar-refractivity contribution in [2.75, 3.05) is 5.32 Å². The Bertz CT molecular complexity index is 1230. The lowest BCUT2D eigenvalue weighted by Crippen LogP contribution is -2.16. The summed E-state index contributed by atoms with van der Waals surface area (Å²) in [6.07, 6.45) is 1.57. The fourth-order valence-corrected chi connectivity index (χ4v) is 3.70. The number of hydrogen-bond donors (Lipinski definition) is 1. The number of nitrogens with one attached hydrogen (secondary N) is 1. The molecule has 32 heavy (non-hydrogen) atoms. The number of aromatic nitrogens is 3. The number of anilines is 1. The number of halogens is 3. The van der Waals surface area contributed by atoms with Crippen molar-refractivity contribution < 1.29 is 14.1 Å². The van der Waals surface area contributed by atoms with E-state index in [1.807, 2.05) is 30.3 Å². The summed E-state index contributed by atoms with van der Waals surface area (Å²) in [5.41, 5.74) is 1.32. The fourth-order valence-electron chi connectivity index (χ4n) is 2.99. The van der Waals surface area contributed by atoms with Gasteiger partial charge >= 0.3 is 0 Å². The van der Waals surface area contributed by atoms with E-state index in [1.165, 1.54) is 0 Å². The third-order valence-corrected chi connectivity index (χ3v) is 5.64. The fraction of sp³-hybridized carbons (Fsp3) is 0.136. The van der Waals surface area contributed by atoms with E-state index >= 15 is 0 Å². The molecule has 7 nitrogen and oxygen atoms in total. The van der Waals surface area contributed by atoms with Gasteiger partial charge in [-0.05, 0) is 31.2 Å². The van der Waals surface area contributed by atoms with Crippen LogP contribution in [-0.4, -0.2) is 20.8 Å². The lowest BCUT2D eigenvalue weighted by molar-refractivity contribution is 0.101. The summed E-state index contributed by atoms with van der Waals surface area (Å²) in [4.78, 5) is 12.8. The Balaban J connectivity index is 1.49. The quantitative estimate of drug-likeness (QED) is 0.342. The first kappa shape index (κ1) is 22.2. The Morgan fingerprint density at radius 3 is 2.47 bits per heavy atom. The summed E-state index contributed by atoms with van der Waals surface area (Å²) in [5, 5.41) is 12.1. The summed E-state index contributed by atoms with van der Waals surface area (Å²) >= 11 is 18.7. The van der Waals surface area contributed by atoms with Crippen LogP contribution in [0, 0.1) is 6.92 Å². The average molecular weight is 492 g/mol. The number of hydrogen-bond acceptors (Lipinski definition) is 5. The molecule has 1 amide bonds. The van der Waals surface area contributed by atoms with Crippen molar-refractivity contribution in [3.63, 3.8) is 0 Å². The second-order valence-corrected chi connectivity index (χ2v) is 8.07. The molecule has 0 bridgehead atoms. The average Bonchev–Trinajstić information content (AvgIpc) is 3.32. The Hall–Kier alpha value is -3.00. The number of amides is 1. The van der Waals surface area contributed by atoms with Crippen LogP contribution in [-0.2, 0) is 13.2 Å². The van der Waals surface area contributed by atoms with Gasteiger partial charge in [0.15, 0.2) is 11.5 Å². The largest absolute Gasteiger partial charge is 0.489 e. The van der Waals surface area contributed by atoms with Crippen LogP contribution in [0.25, 0.3) is 0 Å². The summed E-state index contributed by atoms with van der Waals surface area (Å²) in [7, 11) is 0. The standard InChI is InChI=1S/C22H17Cl3N4O3/c1-13-16(12-31-14-6-3-2-4-7-14)20(28-32-13)22(30)26-21-19(25)11-29(27-21)10-15-17(23)8-5-9-18(15)24/h2-9,11H,10,12H2,1H3,(H,26,27,30). The molecule has 0 atom stereocenters. The normalized spacial score (nSPS) is 10.9. The second kappa shape index (κ2) is 9.65. The summed E-state index contributed by atoms with van der Waals surface area (Å²) in [5.74, 6) is 0.808. The van der Waals surface area contributed by atoms with Gasteiger partial charge in [-0.1, -0.05) is 64.2 Å². The van der Waals surface area contributed by atoms with Gasteiger partial charge in [0, 0.05) is 21.8 Å². The van der Waals surface area contributed by atoms with Crippen LogP contribution in [0.5, 0.6) is 5.75 Å². The number of benzene rings is 2. The van der Waals surface area contributed by atoms with Gasteiger partial charge in [0.2, 0.25) is 0 Å². The van der Waals surface area contributed by atoms with Crippen LogP contribution < -0.4 is 10.1 Å². The van der Waals surface area contributed by atoms with Crippen molar-refractivity contribution in [2.45, 2.75) is 20.1 Å². The molecule has 0 aliphatic carbocycles. The first-order valence-corrected chi connectivity index (χ1v) is 10.7. The second-order valence-electron chi connectivity index (χ2n) is 6.85. The molecule has 0 aliphatic heterocycles. The van der Waals surface area contributed by atoms with E-state index in [0.717, 1.165) is 0 Å². The maximum absolute atomic E-state index is 12.8. The SMILES string of the molecule is Cc1onc(C(=O)Nc2nn(Cc3c(Cl)cccc3Cl)cc2Cl)c1COc1ccccc1. The monoisotopic (exact) mass is 490 g/mol. The van der Waals surface area contributed by atoms with Gasteiger partial charge in [-0.25, -0.2) is 0 Å². The van der Waals surface area contributed by atoms with E-state index in [1.54, 1.807) is 36.0 Å². The van der Waals surface area contributed by atoms with Gasteiger partial charge in [0.25, 0.3) is 5.91 Å². The lowest BCUT2D eigenvalue weighted by Gasteiger charge is -2.07. The number of ether oxygens (including phenoxy) is 1. The zero-order valence-corrected chi connectivity index (χ0v) is 19.1. The van der Waals surface area contributed by atoms with Crippen LogP contribution in [0.3, 0.4) is 0 Å². The zero-order valence-electron chi connectivity index (χ0n) is 16.8. The topological polar surface area (TPSA) is 82.2 Å².